The molecule has 1 saturated heterocycles. The smallest absolute Gasteiger partial charge is 0.137 e. The number of nitrogens with two attached hydrogens (primary N) is 1. The molecule has 1 aromatic heterocycles. The Morgan fingerprint density at radius 1 is 1.06 bits per heavy atom. The number of rotatable bonds is 6. The molecule has 9 heteroatoms. The first-order valence-corrected chi connectivity index (χ1v) is 11.4. The highest BCUT2D eigenvalue weighted by molar-refractivity contribution is 6.35. The molecule has 0 radical (unpaired) electrons. The number of anilines is 2. The normalized spacial score (nSPS) is 21.5. The van der Waals surface area contributed by atoms with Crippen LogP contribution in [0.4, 0.5) is 11.4 Å². The fourth-order valence-electron chi connectivity index (χ4n) is 4.45. The zero-order valence-corrected chi connectivity index (χ0v) is 19.7. The number of aliphatic hydroxyl groups is 1. The van der Waals surface area contributed by atoms with Crippen LogP contribution in [0.15, 0.2) is 55.1 Å². The standard InChI is InChI=1S/C23H28Cl2N6O/c1-16-11-31(20-6-4-19(26)5-7-20)17(2)10-29(16)12-23(32,13-30-15-27-14-28-30)21-8-3-18(24)9-22(21)25/h3-9,14-17,32H,10-13,26H2,1-2H3/t16-,17-,23?/m0/s1. The van der Waals surface area contributed by atoms with Gasteiger partial charge >= 0.3 is 0 Å². The molecule has 0 spiro atoms. The molecule has 0 aliphatic carbocycles. The molecule has 32 heavy (non-hydrogen) atoms. The lowest BCUT2D eigenvalue weighted by atomic mass is 9.91. The van der Waals surface area contributed by atoms with Crippen LogP contribution in [0.25, 0.3) is 0 Å². The van der Waals surface area contributed by atoms with Crippen molar-refractivity contribution in [2.24, 2.45) is 0 Å². The molecule has 3 N–H and O–H groups in total. The van der Waals surface area contributed by atoms with E-state index in [4.69, 9.17) is 28.9 Å². The zero-order valence-electron chi connectivity index (χ0n) is 18.2. The Balaban J connectivity index is 1.59. The van der Waals surface area contributed by atoms with Crippen molar-refractivity contribution in [3.05, 3.63) is 70.7 Å². The van der Waals surface area contributed by atoms with E-state index in [0.717, 1.165) is 24.5 Å². The molecule has 3 aromatic rings. The largest absolute Gasteiger partial charge is 0.399 e. The van der Waals surface area contributed by atoms with Gasteiger partial charge in [0.1, 0.15) is 18.3 Å². The van der Waals surface area contributed by atoms with E-state index < -0.39 is 5.60 Å². The summed E-state index contributed by atoms with van der Waals surface area (Å²) in [6.07, 6.45) is 3.06. The molecule has 2 heterocycles. The van der Waals surface area contributed by atoms with Gasteiger partial charge in [0, 0.05) is 58.7 Å². The number of benzene rings is 2. The molecule has 1 aliphatic heterocycles. The van der Waals surface area contributed by atoms with E-state index in [1.807, 2.05) is 12.1 Å². The summed E-state index contributed by atoms with van der Waals surface area (Å²) in [5.74, 6) is 0. The zero-order chi connectivity index (χ0) is 22.9. The minimum absolute atomic E-state index is 0.206. The summed E-state index contributed by atoms with van der Waals surface area (Å²) in [6.45, 7) is 6.62. The summed E-state index contributed by atoms with van der Waals surface area (Å²) in [6, 6.07) is 13.6. The monoisotopic (exact) mass is 474 g/mol. The second kappa shape index (κ2) is 9.27. The maximum Gasteiger partial charge on any atom is 0.137 e. The Morgan fingerprint density at radius 3 is 2.47 bits per heavy atom. The van der Waals surface area contributed by atoms with Gasteiger partial charge in [-0.3, -0.25) is 4.90 Å². The highest BCUT2D eigenvalue weighted by Gasteiger charge is 2.39. The van der Waals surface area contributed by atoms with Crippen LogP contribution in [-0.2, 0) is 12.1 Å². The highest BCUT2D eigenvalue weighted by atomic mass is 35.5. The maximum absolute atomic E-state index is 11.9. The fraction of sp³-hybridized carbons (Fsp3) is 0.391. The van der Waals surface area contributed by atoms with Gasteiger partial charge in [-0.1, -0.05) is 29.3 Å². The van der Waals surface area contributed by atoms with Crippen molar-refractivity contribution in [1.29, 1.82) is 0 Å². The highest BCUT2D eigenvalue weighted by Crippen LogP contribution is 2.34. The minimum Gasteiger partial charge on any atom is -0.399 e. The summed E-state index contributed by atoms with van der Waals surface area (Å²) >= 11 is 12.6. The maximum atomic E-state index is 11.9. The Morgan fingerprint density at radius 2 is 1.81 bits per heavy atom. The summed E-state index contributed by atoms with van der Waals surface area (Å²) in [7, 11) is 0. The van der Waals surface area contributed by atoms with Gasteiger partial charge in [0.25, 0.3) is 0 Å². The SMILES string of the molecule is C[C@H]1CN(c2ccc(N)cc2)[C@@H](C)CN1CC(O)(Cn1cncn1)c1ccc(Cl)cc1Cl. The van der Waals surface area contributed by atoms with E-state index in [-0.39, 0.29) is 18.6 Å². The Kier molecular flexibility index (Phi) is 6.62. The van der Waals surface area contributed by atoms with Gasteiger partial charge in [0.05, 0.1) is 6.54 Å². The molecule has 4 rings (SSSR count). The number of hydrogen-bond acceptors (Lipinski definition) is 6. The second-order valence-corrected chi connectivity index (χ2v) is 9.46. The Bertz CT molecular complexity index is 1050. The lowest BCUT2D eigenvalue weighted by Crippen LogP contribution is -2.59. The Labute approximate surface area is 198 Å². The summed E-state index contributed by atoms with van der Waals surface area (Å²) in [5, 5.41) is 17.1. The Hall–Kier alpha value is -2.32. The van der Waals surface area contributed by atoms with E-state index in [1.54, 1.807) is 29.2 Å². The summed E-state index contributed by atoms with van der Waals surface area (Å²) in [4.78, 5) is 8.70. The first-order valence-electron chi connectivity index (χ1n) is 10.6. The summed E-state index contributed by atoms with van der Waals surface area (Å²) in [5.41, 5.74) is 7.12. The number of nitrogens with zero attached hydrogens (tertiary/aromatic N) is 5. The lowest BCUT2D eigenvalue weighted by Gasteiger charge is -2.47. The van der Waals surface area contributed by atoms with Crippen molar-refractivity contribution >= 4 is 34.6 Å². The van der Waals surface area contributed by atoms with Gasteiger partial charge in [-0.15, -0.1) is 0 Å². The molecule has 170 valence electrons. The molecular weight excluding hydrogens is 447 g/mol. The predicted molar refractivity (Wildman–Crippen MR) is 129 cm³/mol. The molecule has 0 amide bonds. The fourth-order valence-corrected chi connectivity index (χ4v) is 5.03. The van der Waals surface area contributed by atoms with Crippen LogP contribution in [0, 0.1) is 0 Å². The molecule has 3 atom stereocenters. The van der Waals surface area contributed by atoms with E-state index >= 15 is 0 Å². The summed E-state index contributed by atoms with van der Waals surface area (Å²) < 4.78 is 1.63. The van der Waals surface area contributed by atoms with Crippen molar-refractivity contribution in [2.75, 3.05) is 30.3 Å². The first kappa shape index (κ1) is 22.9. The van der Waals surface area contributed by atoms with Crippen molar-refractivity contribution in [3.63, 3.8) is 0 Å². The van der Waals surface area contributed by atoms with Crippen molar-refractivity contribution in [3.8, 4) is 0 Å². The van der Waals surface area contributed by atoms with E-state index in [9.17, 15) is 5.11 Å². The third kappa shape index (κ3) is 4.86. The number of β-amino-alcohol motifs (C(OH)–C–C–N with tert-alkyl or cyclic N) is 1. The van der Waals surface area contributed by atoms with E-state index in [0.29, 0.717) is 22.2 Å². The second-order valence-electron chi connectivity index (χ2n) is 8.62. The van der Waals surface area contributed by atoms with Crippen LogP contribution in [0.2, 0.25) is 10.0 Å². The predicted octanol–water partition coefficient (Wildman–Crippen LogP) is 3.65. The van der Waals surface area contributed by atoms with E-state index in [2.05, 4.69) is 45.9 Å². The quantitative estimate of drug-likeness (QED) is 0.530. The average molecular weight is 475 g/mol. The molecule has 0 bridgehead atoms. The van der Waals surface area contributed by atoms with Crippen LogP contribution < -0.4 is 10.6 Å². The van der Waals surface area contributed by atoms with E-state index in [1.165, 1.54) is 6.33 Å². The number of piperazine rings is 1. The van der Waals surface area contributed by atoms with Gasteiger partial charge in [0.2, 0.25) is 0 Å². The topological polar surface area (TPSA) is 83.4 Å². The van der Waals surface area contributed by atoms with Crippen molar-refractivity contribution in [1.82, 2.24) is 19.7 Å². The van der Waals surface area contributed by atoms with Crippen LogP contribution in [0.5, 0.6) is 0 Å². The molecule has 1 fully saturated rings. The molecule has 7 nitrogen and oxygen atoms in total. The molecule has 1 unspecified atom stereocenters. The number of aromatic nitrogens is 3. The van der Waals surface area contributed by atoms with Crippen molar-refractivity contribution < 1.29 is 5.11 Å². The number of nitrogen functional groups attached to an aromatic ring is 1. The number of halogens is 2. The molecular formula is C23H28Cl2N6O. The number of hydrogen-bond donors (Lipinski definition) is 2. The van der Waals surface area contributed by atoms with Crippen molar-refractivity contribution in [2.45, 2.75) is 38.1 Å². The van der Waals surface area contributed by atoms with Gasteiger partial charge < -0.3 is 15.7 Å². The molecule has 1 aliphatic rings. The van der Waals surface area contributed by atoms with Gasteiger partial charge in [0.15, 0.2) is 0 Å². The molecule has 2 aromatic carbocycles. The van der Waals surface area contributed by atoms with Gasteiger partial charge in [-0.25, -0.2) is 9.67 Å². The van der Waals surface area contributed by atoms with Gasteiger partial charge in [-0.05, 0) is 50.2 Å². The van der Waals surface area contributed by atoms with Crippen LogP contribution in [0.3, 0.4) is 0 Å². The van der Waals surface area contributed by atoms with Gasteiger partial charge in [-0.2, -0.15) is 5.10 Å². The minimum atomic E-state index is -1.27. The molecule has 0 saturated carbocycles. The third-order valence-electron chi connectivity index (χ3n) is 6.13. The first-order chi connectivity index (χ1) is 15.2. The van der Waals surface area contributed by atoms with Crippen LogP contribution in [0.1, 0.15) is 19.4 Å². The lowest BCUT2D eigenvalue weighted by molar-refractivity contribution is -0.0328. The van der Waals surface area contributed by atoms with Crippen LogP contribution >= 0.6 is 23.2 Å². The average Bonchev–Trinajstić information content (AvgIpc) is 3.23. The third-order valence-corrected chi connectivity index (χ3v) is 6.67. The van der Waals surface area contributed by atoms with Crippen LogP contribution in [-0.4, -0.2) is 56.5 Å².